The van der Waals surface area contributed by atoms with E-state index in [1.54, 1.807) is 0 Å². The molecule has 0 heterocycles. The van der Waals surface area contributed by atoms with Crippen LogP contribution < -0.4 is 11.5 Å². The van der Waals surface area contributed by atoms with Crippen molar-refractivity contribution in [1.29, 1.82) is 0 Å². The van der Waals surface area contributed by atoms with Gasteiger partial charge in [-0.1, -0.05) is 0 Å². The number of carboxylic acids is 1. The van der Waals surface area contributed by atoms with E-state index in [2.05, 4.69) is 0 Å². The normalized spacial score (nSPS) is 15.9. The maximum Gasteiger partial charge on any atom is 0.320 e. The van der Waals surface area contributed by atoms with Gasteiger partial charge in [-0.3, -0.25) is 9.59 Å². The molecule has 1 unspecified atom stereocenters. The zero-order valence-electron chi connectivity index (χ0n) is 7.50. The van der Waals surface area contributed by atoms with Crippen LogP contribution in [0, 0.1) is 0 Å². The summed E-state index contributed by atoms with van der Waals surface area (Å²) < 4.78 is 22.0. The molecular formula is C6H12N2O5S. The van der Waals surface area contributed by atoms with Gasteiger partial charge in [-0.2, -0.15) is 0 Å². The van der Waals surface area contributed by atoms with Crippen LogP contribution in [0.15, 0.2) is 0 Å². The Bertz CT molecular complexity index is 336. The van der Waals surface area contributed by atoms with Crippen molar-refractivity contribution in [3.63, 3.8) is 0 Å². The predicted molar refractivity (Wildman–Crippen MR) is 48.1 cm³/mol. The molecule has 0 aliphatic heterocycles. The van der Waals surface area contributed by atoms with Crippen LogP contribution >= 0.6 is 0 Å². The van der Waals surface area contributed by atoms with Gasteiger partial charge >= 0.3 is 5.97 Å². The fourth-order valence-electron chi connectivity index (χ4n) is 0.833. The molecule has 5 N–H and O–H groups in total. The smallest absolute Gasteiger partial charge is 0.320 e. The molecule has 2 atom stereocenters. The molecule has 0 aliphatic carbocycles. The molecule has 0 aliphatic rings. The Morgan fingerprint density at radius 3 is 2.07 bits per heavy atom. The Kier molecular flexibility index (Phi) is 4.02. The molecule has 0 rings (SSSR count). The second kappa shape index (κ2) is 4.38. The Morgan fingerprint density at radius 2 is 1.86 bits per heavy atom. The third-order valence-electron chi connectivity index (χ3n) is 1.62. The maximum atomic E-state index is 11.0. The fourth-order valence-corrected chi connectivity index (χ4v) is 1.81. The predicted octanol–water partition coefficient (Wildman–Crippen LogP) is -2.31. The number of carbonyl (C=O) groups excluding carboxylic acids is 1. The summed E-state index contributed by atoms with van der Waals surface area (Å²) in [4.78, 5) is 21.0. The Labute approximate surface area is 81.0 Å². The molecule has 0 spiro atoms. The molecule has 14 heavy (non-hydrogen) atoms. The van der Waals surface area contributed by atoms with E-state index in [-0.39, 0.29) is 0 Å². The van der Waals surface area contributed by atoms with Gasteiger partial charge in [-0.15, -0.1) is 0 Å². The van der Waals surface area contributed by atoms with E-state index in [4.69, 9.17) is 16.6 Å². The van der Waals surface area contributed by atoms with E-state index < -0.39 is 39.4 Å². The number of primary amides is 1. The minimum atomic E-state index is -3.71. The van der Waals surface area contributed by atoms with Crippen molar-refractivity contribution in [3.05, 3.63) is 0 Å². The lowest BCUT2D eigenvalue weighted by atomic mass is 10.1. The Morgan fingerprint density at radius 1 is 1.43 bits per heavy atom. The molecule has 8 heteroatoms. The number of rotatable bonds is 5. The number of carbonyl (C=O) groups is 2. The largest absolute Gasteiger partial charge is 0.480 e. The minimum Gasteiger partial charge on any atom is -0.480 e. The number of sulfone groups is 1. The van der Waals surface area contributed by atoms with Crippen LogP contribution in [0.1, 0.15) is 6.42 Å². The SMILES string of the molecule is CS(=O)(=O)C(C[C@H](N)C(=O)O)C(N)=O. The van der Waals surface area contributed by atoms with Crippen LogP contribution in [0.3, 0.4) is 0 Å². The van der Waals surface area contributed by atoms with Crippen LogP contribution in [0.2, 0.25) is 0 Å². The molecule has 0 fully saturated rings. The highest BCUT2D eigenvalue weighted by atomic mass is 32.2. The van der Waals surface area contributed by atoms with Gasteiger partial charge in [0.05, 0.1) is 0 Å². The molecule has 0 aromatic heterocycles. The molecule has 0 aromatic carbocycles. The molecule has 7 nitrogen and oxygen atoms in total. The fraction of sp³-hybridized carbons (Fsp3) is 0.667. The minimum absolute atomic E-state index is 0.510. The summed E-state index contributed by atoms with van der Waals surface area (Å²) >= 11 is 0. The number of amides is 1. The van der Waals surface area contributed by atoms with Crippen molar-refractivity contribution in [2.24, 2.45) is 11.5 Å². The third-order valence-corrected chi connectivity index (χ3v) is 3.08. The Hall–Kier alpha value is -1.15. The first kappa shape index (κ1) is 12.8. The average molecular weight is 224 g/mol. The first-order valence-electron chi connectivity index (χ1n) is 3.62. The van der Waals surface area contributed by atoms with E-state index in [9.17, 15) is 18.0 Å². The highest BCUT2D eigenvalue weighted by Crippen LogP contribution is 2.06. The second-order valence-electron chi connectivity index (χ2n) is 2.90. The second-order valence-corrected chi connectivity index (χ2v) is 5.13. The van der Waals surface area contributed by atoms with Gasteiger partial charge in [0.1, 0.15) is 11.3 Å². The molecule has 0 saturated carbocycles. The number of aliphatic carboxylic acids is 1. The van der Waals surface area contributed by atoms with Gasteiger partial charge in [0.2, 0.25) is 5.91 Å². The van der Waals surface area contributed by atoms with Gasteiger partial charge < -0.3 is 16.6 Å². The monoisotopic (exact) mass is 224 g/mol. The van der Waals surface area contributed by atoms with Gasteiger partial charge in [0.25, 0.3) is 0 Å². The number of hydrogen-bond donors (Lipinski definition) is 3. The van der Waals surface area contributed by atoms with E-state index in [0.717, 1.165) is 6.26 Å². The van der Waals surface area contributed by atoms with Crippen LogP contribution in [-0.4, -0.2) is 42.9 Å². The van der Waals surface area contributed by atoms with E-state index in [0.29, 0.717) is 0 Å². The van der Waals surface area contributed by atoms with E-state index in [1.807, 2.05) is 0 Å². The third kappa shape index (κ3) is 3.71. The van der Waals surface area contributed by atoms with Crippen LogP contribution in [0.5, 0.6) is 0 Å². The summed E-state index contributed by atoms with van der Waals surface area (Å²) in [5, 5.41) is 6.86. The quantitative estimate of drug-likeness (QED) is 0.479. The van der Waals surface area contributed by atoms with Crippen molar-refractivity contribution >= 4 is 21.7 Å². The highest BCUT2D eigenvalue weighted by Gasteiger charge is 2.30. The first-order valence-corrected chi connectivity index (χ1v) is 5.58. The van der Waals surface area contributed by atoms with Gasteiger partial charge in [0, 0.05) is 6.26 Å². The summed E-state index contributed by atoms with van der Waals surface area (Å²) in [6.45, 7) is 0. The van der Waals surface area contributed by atoms with Crippen LogP contribution in [-0.2, 0) is 19.4 Å². The molecular weight excluding hydrogens is 212 g/mol. The summed E-state index contributed by atoms with van der Waals surface area (Å²) in [7, 11) is -3.71. The topological polar surface area (TPSA) is 141 Å². The van der Waals surface area contributed by atoms with Crippen molar-refractivity contribution < 1.29 is 23.1 Å². The maximum absolute atomic E-state index is 11.0. The summed E-state index contributed by atoms with van der Waals surface area (Å²) in [6.07, 6.45) is 0.292. The van der Waals surface area contributed by atoms with Crippen molar-refractivity contribution in [2.75, 3.05) is 6.26 Å². The lowest BCUT2D eigenvalue weighted by Crippen LogP contribution is -2.43. The van der Waals surface area contributed by atoms with Gasteiger partial charge in [0.15, 0.2) is 9.84 Å². The number of carboxylic acid groups (broad SMARTS) is 1. The molecule has 0 radical (unpaired) electrons. The zero-order chi connectivity index (χ0) is 11.5. The average Bonchev–Trinajstić information content (AvgIpc) is 1.96. The summed E-state index contributed by atoms with van der Waals surface area (Å²) in [6, 6.07) is -1.41. The molecule has 0 saturated heterocycles. The van der Waals surface area contributed by atoms with Crippen LogP contribution in [0.4, 0.5) is 0 Å². The molecule has 0 aromatic rings. The van der Waals surface area contributed by atoms with Crippen molar-refractivity contribution in [2.45, 2.75) is 17.7 Å². The lowest BCUT2D eigenvalue weighted by molar-refractivity contribution is -0.138. The van der Waals surface area contributed by atoms with E-state index >= 15 is 0 Å². The molecule has 82 valence electrons. The Balaban J connectivity index is 4.73. The van der Waals surface area contributed by atoms with Gasteiger partial charge in [-0.25, -0.2) is 8.42 Å². The standard InChI is InChI=1S/C6H12N2O5S/c1-14(12,13)4(5(8)9)2-3(7)6(10)11/h3-4H,2,7H2,1H3,(H2,8,9)(H,10,11)/t3-,4?/m0/s1. The van der Waals surface area contributed by atoms with Crippen LogP contribution in [0.25, 0.3) is 0 Å². The van der Waals surface area contributed by atoms with Crippen molar-refractivity contribution in [1.82, 2.24) is 0 Å². The first-order chi connectivity index (χ1) is 6.16. The zero-order valence-corrected chi connectivity index (χ0v) is 8.32. The highest BCUT2D eigenvalue weighted by molar-refractivity contribution is 7.92. The summed E-state index contributed by atoms with van der Waals surface area (Å²) in [5.41, 5.74) is 9.88. The van der Waals surface area contributed by atoms with Gasteiger partial charge in [-0.05, 0) is 6.42 Å². The van der Waals surface area contributed by atoms with Crippen molar-refractivity contribution in [3.8, 4) is 0 Å². The van der Waals surface area contributed by atoms with E-state index in [1.165, 1.54) is 0 Å². The molecule has 1 amide bonds. The number of hydrogen-bond acceptors (Lipinski definition) is 5. The lowest BCUT2D eigenvalue weighted by Gasteiger charge is -2.13. The molecule has 0 bridgehead atoms. The summed E-state index contributed by atoms with van der Waals surface area (Å²) in [5.74, 6) is -2.47. The number of nitrogens with two attached hydrogens (primary N) is 2.